The number of hydrogen-bond acceptors (Lipinski definition) is 4. The second-order valence-corrected chi connectivity index (χ2v) is 7.66. The summed E-state index contributed by atoms with van der Waals surface area (Å²) < 4.78 is 23.7. The van der Waals surface area contributed by atoms with Crippen molar-refractivity contribution in [3.63, 3.8) is 0 Å². The molecule has 1 atom stereocenters. The minimum absolute atomic E-state index is 0.200. The molecular formula is C22H23NO4S. The van der Waals surface area contributed by atoms with E-state index in [1.165, 1.54) is 0 Å². The lowest BCUT2D eigenvalue weighted by Crippen LogP contribution is -2.22. The monoisotopic (exact) mass is 397 g/mol. The molecule has 0 fully saturated rings. The first-order valence-electron chi connectivity index (χ1n) is 9.10. The van der Waals surface area contributed by atoms with E-state index in [1.807, 2.05) is 62.4 Å². The van der Waals surface area contributed by atoms with E-state index in [0.717, 1.165) is 21.8 Å². The Hall–Kier alpha value is -2.86. The minimum atomic E-state index is -1.23. The normalized spacial score (nSPS) is 11.8. The molecule has 0 saturated carbocycles. The Morgan fingerprint density at radius 1 is 1.07 bits per heavy atom. The van der Waals surface area contributed by atoms with Crippen molar-refractivity contribution in [2.24, 2.45) is 0 Å². The molecule has 146 valence electrons. The van der Waals surface area contributed by atoms with E-state index in [-0.39, 0.29) is 17.4 Å². The Bertz CT molecular complexity index is 980. The molecule has 2 aromatic carbocycles. The van der Waals surface area contributed by atoms with Gasteiger partial charge in [-0.2, -0.15) is 0 Å². The van der Waals surface area contributed by atoms with E-state index in [1.54, 1.807) is 12.1 Å². The van der Waals surface area contributed by atoms with Crippen LogP contribution in [0, 0.1) is 6.92 Å². The van der Waals surface area contributed by atoms with Crippen molar-refractivity contribution < 1.29 is 18.2 Å². The zero-order valence-electron chi connectivity index (χ0n) is 15.9. The van der Waals surface area contributed by atoms with Crippen LogP contribution < -0.4 is 10.1 Å². The van der Waals surface area contributed by atoms with Gasteiger partial charge in [-0.15, -0.1) is 0 Å². The second-order valence-electron chi connectivity index (χ2n) is 6.24. The number of para-hydroxylation sites is 1. The van der Waals surface area contributed by atoms with Gasteiger partial charge in [0.05, 0.1) is 23.2 Å². The first-order valence-corrected chi connectivity index (χ1v) is 10.4. The van der Waals surface area contributed by atoms with Gasteiger partial charge in [-0.3, -0.25) is 9.00 Å². The first kappa shape index (κ1) is 19.9. The molecule has 0 aliphatic carbocycles. The maximum absolute atomic E-state index is 12.6. The van der Waals surface area contributed by atoms with Gasteiger partial charge in [0.25, 0.3) is 5.91 Å². The Morgan fingerprint density at radius 2 is 1.82 bits per heavy atom. The van der Waals surface area contributed by atoms with Crippen LogP contribution >= 0.6 is 0 Å². The Balaban J connectivity index is 1.61. The molecule has 0 saturated heterocycles. The molecule has 0 spiro atoms. The lowest BCUT2D eigenvalue weighted by atomic mass is 10.2. The summed E-state index contributed by atoms with van der Waals surface area (Å²) in [4.78, 5) is 13.2. The van der Waals surface area contributed by atoms with E-state index in [4.69, 9.17) is 9.15 Å². The molecule has 3 rings (SSSR count). The van der Waals surface area contributed by atoms with E-state index in [0.29, 0.717) is 18.9 Å². The summed E-state index contributed by atoms with van der Waals surface area (Å²) in [7, 11) is -1.23. The van der Waals surface area contributed by atoms with Crippen LogP contribution in [0.25, 0.3) is 0 Å². The van der Waals surface area contributed by atoms with Crippen LogP contribution in [0.2, 0.25) is 0 Å². The van der Waals surface area contributed by atoms with Gasteiger partial charge in [-0.1, -0.05) is 36.4 Å². The van der Waals surface area contributed by atoms with Crippen molar-refractivity contribution in [1.29, 1.82) is 0 Å². The van der Waals surface area contributed by atoms with Crippen LogP contribution in [0.4, 0.5) is 0 Å². The van der Waals surface area contributed by atoms with Gasteiger partial charge >= 0.3 is 0 Å². The molecule has 5 nitrogen and oxygen atoms in total. The van der Waals surface area contributed by atoms with Gasteiger partial charge in [0.2, 0.25) is 0 Å². The molecule has 0 radical (unpaired) electrons. The summed E-state index contributed by atoms with van der Waals surface area (Å²) in [6.07, 6.45) is 0. The number of carbonyl (C=O) groups is 1. The third kappa shape index (κ3) is 4.89. The number of ether oxygens (including phenoxy) is 1. The summed E-state index contributed by atoms with van der Waals surface area (Å²) in [5, 5.41) is 2.83. The number of furan rings is 1. The Kier molecular flexibility index (Phi) is 6.66. The van der Waals surface area contributed by atoms with Crippen molar-refractivity contribution in [2.75, 3.05) is 6.61 Å². The van der Waals surface area contributed by atoms with E-state index < -0.39 is 10.8 Å². The third-order valence-corrected chi connectivity index (χ3v) is 5.70. The number of carbonyl (C=O) groups excluding carboxylic acids is 1. The van der Waals surface area contributed by atoms with Crippen LogP contribution in [0.1, 0.15) is 34.4 Å². The van der Waals surface area contributed by atoms with E-state index in [9.17, 15) is 9.00 Å². The number of aryl methyl sites for hydroxylation is 1. The summed E-state index contributed by atoms with van der Waals surface area (Å²) in [5.41, 5.74) is 1.86. The SMILES string of the molecule is CCOc1ccccc1CNC(=O)c1ccc(C[S@@](=O)c2ccccc2C)o1. The minimum Gasteiger partial charge on any atom is -0.494 e. The zero-order valence-corrected chi connectivity index (χ0v) is 16.8. The van der Waals surface area contributed by atoms with Crippen LogP contribution in [-0.2, 0) is 23.1 Å². The second kappa shape index (κ2) is 9.37. The maximum Gasteiger partial charge on any atom is 0.287 e. The topological polar surface area (TPSA) is 68.5 Å². The molecule has 0 aliphatic rings. The predicted molar refractivity (Wildman–Crippen MR) is 109 cm³/mol. The quantitative estimate of drug-likeness (QED) is 0.618. The highest BCUT2D eigenvalue weighted by Gasteiger charge is 2.15. The number of rotatable bonds is 8. The highest BCUT2D eigenvalue weighted by Crippen LogP contribution is 2.19. The predicted octanol–water partition coefficient (Wildman–Crippen LogP) is 4.22. The molecule has 3 aromatic rings. The van der Waals surface area contributed by atoms with Crippen LogP contribution in [0.15, 0.2) is 70.0 Å². The fourth-order valence-corrected chi connectivity index (χ4v) is 4.03. The molecule has 28 heavy (non-hydrogen) atoms. The average Bonchev–Trinajstić information content (AvgIpc) is 3.16. The number of hydrogen-bond donors (Lipinski definition) is 1. The van der Waals surface area contributed by atoms with Gasteiger partial charge < -0.3 is 14.5 Å². The molecule has 1 amide bonds. The van der Waals surface area contributed by atoms with Gasteiger partial charge in [-0.25, -0.2) is 0 Å². The average molecular weight is 397 g/mol. The molecule has 0 bridgehead atoms. The van der Waals surface area contributed by atoms with Gasteiger partial charge in [-0.05, 0) is 43.7 Å². The summed E-state index contributed by atoms with van der Waals surface area (Å²) in [6, 6.07) is 18.4. The van der Waals surface area contributed by atoms with Crippen LogP contribution in [0.5, 0.6) is 5.75 Å². The van der Waals surface area contributed by atoms with Crippen LogP contribution in [0.3, 0.4) is 0 Å². The largest absolute Gasteiger partial charge is 0.494 e. The summed E-state index contributed by atoms with van der Waals surface area (Å²) >= 11 is 0. The molecular weight excluding hydrogens is 374 g/mol. The summed E-state index contributed by atoms with van der Waals surface area (Å²) in [6.45, 7) is 4.74. The number of nitrogens with one attached hydrogen (secondary N) is 1. The smallest absolute Gasteiger partial charge is 0.287 e. The Labute approximate surface area is 167 Å². The van der Waals surface area contributed by atoms with Crippen molar-refractivity contribution in [2.45, 2.75) is 31.0 Å². The van der Waals surface area contributed by atoms with Gasteiger partial charge in [0, 0.05) is 17.0 Å². The first-order chi connectivity index (χ1) is 13.6. The number of amides is 1. The highest BCUT2D eigenvalue weighted by atomic mass is 32.2. The lowest BCUT2D eigenvalue weighted by molar-refractivity contribution is 0.0921. The van der Waals surface area contributed by atoms with Crippen molar-refractivity contribution >= 4 is 16.7 Å². The maximum atomic E-state index is 12.6. The van der Waals surface area contributed by atoms with Gasteiger partial charge in [0.15, 0.2) is 5.76 Å². The highest BCUT2D eigenvalue weighted by molar-refractivity contribution is 7.84. The molecule has 1 aromatic heterocycles. The third-order valence-electron chi connectivity index (χ3n) is 4.21. The van der Waals surface area contributed by atoms with Crippen molar-refractivity contribution in [3.05, 3.63) is 83.3 Å². The van der Waals surface area contributed by atoms with Crippen molar-refractivity contribution in [3.8, 4) is 5.75 Å². The van der Waals surface area contributed by atoms with E-state index in [2.05, 4.69) is 5.32 Å². The lowest BCUT2D eigenvalue weighted by Gasteiger charge is -2.10. The molecule has 0 aliphatic heterocycles. The van der Waals surface area contributed by atoms with Gasteiger partial charge in [0.1, 0.15) is 11.5 Å². The standard InChI is InChI=1S/C22H23NO4S/c1-3-26-19-10-6-5-9-17(19)14-23-22(24)20-13-12-18(27-20)15-28(25)21-11-7-4-8-16(21)2/h4-13H,3,14-15H2,1-2H3,(H,23,24)/t28-/m1/s1. The zero-order chi connectivity index (χ0) is 19.9. The van der Waals surface area contributed by atoms with Crippen molar-refractivity contribution in [1.82, 2.24) is 5.32 Å². The fraction of sp³-hybridized carbons (Fsp3) is 0.227. The molecule has 1 heterocycles. The fourth-order valence-electron chi connectivity index (χ4n) is 2.81. The number of benzene rings is 2. The summed E-state index contributed by atoms with van der Waals surface area (Å²) in [5.74, 6) is 1.37. The molecule has 1 N–H and O–H groups in total. The molecule has 6 heteroatoms. The Morgan fingerprint density at radius 3 is 2.61 bits per heavy atom. The molecule has 0 unspecified atom stereocenters. The van der Waals surface area contributed by atoms with E-state index >= 15 is 0 Å². The van der Waals surface area contributed by atoms with Crippen LogP contribution in [-0.4, -0.2) is 16.7 Å².